The molecule has 0 unspecified atom stereocenters. The summed E-state index contributed by atoms with van der Waals surface area (Å²) in [6, 6.07) is 0. The van der Waals surface area contributed by atoms with E-state index in [0.29, 0.717) is 15.6 Å². The molecule has 0 atom stereocenters. The van der Waals surface area contributed by atoms with Crippen molar-refractivity contribution in [1.82, 2.24) is 0 Å². The molecule has 0 heterocycles. The Morgan fingerprint density at radius 1 is 0.857 bits per heavy atom. The third-order valence-electron chi connectivity index (χ3n) is 2.18. The molecular weight excluding hydrogens is 312 g/mol. The maximum absolute atomic E-state index is 10.8. The monoisotopic (exact) mass is 318 g/mol. The van der Waals surface area contributed by atoms with Crippen LogP contribution in [0.15, 0.2) is 8.95 Å². The van der Waals surface area contributed by atoms with Crippen LogP contribution in [0.3, 0.4) is 0 Å². The van der Waals surface area contributed by atoms with Gasteiger partial charge in [-0.2, -0.15) is 0 Å². The molecule has 0 amide bonds. The number of carbonyl (C=O) groups is 2. The van der Waals surface area contributed by atoms with Gasteiger partial charge in [0, 0.05) is 20.1 Å². The van der Waals surface area contributed by atoms with Gasteiger partial charge in [0.1, 0.15) is 0 Å². The fraction of sp³-hybridized carbons (Fsp3) is 0.200. The van der Waals surface area contributed by atoms with Gasteiger partial charge in [0.05, 0.1) is 0 Å². The highest BCUT2D eigenvalue weighted by atomic mass is 79.9. The first-order chi connectivity index (χ1) is 6.54. The predicted molar refractivity (Wildman–Crippen MR) is 62.1 cm³/mol. The van der Waals surface area contributed by atoms with E-state index in [1.807, 2.05) is 13.8 Å². The second kappa shape index (κ2) is 4.36. The largest absolute Gasteiger partial charge is 0.298 e. The number of hydrogen-bond donors (Lipinski definition) is 0. The quantitative estimate of drug-likeness (QED) is 0.782. The highest BCUT2D eigenvalue weighted by Gasteiger charge is 2.15. The van der Waals surface area contributed by atoms with Crippen LogP contribution in [0.25, 0.3) is 0 Å². The molecule has 0 saturated carbocycles. The summed E-state index contributed by atoms with van der Waals surface area (Å²) in [4.78, 5) is 21.6. The van der Waals surface area contributed by atoms with Gasteiger partial charge in [-0.05, 0) is 40.9 Å². The highest BCUT2D eigenvalue weighted by molar-refractivity contribution is 9.11. The SMILES string of the molecule is Cc1c(Br)c(C)c(C=O)c(Br)c1C=O. The van der Waals surface area contributed by atoms with Gasteiger partial charge in [0.2, 0.25) is 0 Å². The van der Waals surface area contributed by atoms with Gasteiger partial charge in [-0.3, -0.25) is 9.59 Å². The predicted octanol–water partition coefficient (Wildman–Crippen LogP) is 3.45. The summed E-state index contributed by atoms with van der Waals surface area (Å²) in [5, 5.41) is 0. The molecule has 2 nitrogen and oxygen atoms in total. The molecule has 0 radical (unpaired) electrons. The molecule has 0 bridgehead atoms. The van der Waals surface area contributed by atoms with Gasteiger partial charge >= 0.3 is 0 Å². The van der Waals surface area contributed by atoms with Gasteiger partial charge in [-0.15, -0.1) is 0 Å². The lowest BCUT2D eigenvalue weighted by Crippen LogP contribution is -1.99. The number of hydrogen-bond acceptors (Lipinski definition) is 2. The maximum Gasteiger partial charge on any atom is 0.151 e. The van der Waals surface area contributed by atoms with E-state index < -0.39 is 0 Å². The van der Waals surface area contributed by atoms with Gasteiger partial charge in [0.15, 0.2) is 12.6 Å². The summed E-state index contributed by atoms with van der Waals surface area (Å²) in [7, 11) is 0. The van der Waals surface area contributed by atoms with E-state index in [1.54, 1.807) is 0 Å². The second-order valence-corrected chi connectivity index (χ2v) is 4.53. The van der Waals surface area contributed by atoms with E-state index in [0.717, 1.165) is 28.2 Å². The van der Waals surface area contributed by atoms with Crippen molar-refractivity contribution in [3.63, 3.8) is 0 Å². The van der Waals surface area contributed by atoms with E-state index in [4.69, 9.17) is 0 Å². The number of benzene rings is 1. The Labute approximate surface area is 98.9 Å². The lowest BCUT2D eigenvalue weighted by atomic mass is 10.0. The molecule has 0 saturated heterocycles. The first-order valence-corrected chi connectivity index (χ1v) is 5.51. The number of halogens is 2. The molecule has 1 aromatic rings. The molecule has 0 aliphatic heterocycles. The van der Waals surface area contributed by atoms with Crippen molar-refractivity contribution in [3.05, 3.63) is 31.2 Å². The Morgan fingerprint density at radius 3 is 1.50 bits per heavy atom. The minimum Gasteiger partial charge on any atom is -0.298 e. The summed E-state index contributed by atoms with van der Waals surface area (Å²) in [6.07, 6.45) is 1.49. The van der Waals surface area contributed by atoms with Gasteiger partial charge in [-0.1, -0.05) is 15.9 Å². The molecule has 0 N–H and O–H groups in total. The molecule has 0 aliphatic carbocycles. The molecule has 0 fully saturated rings. The third-order valence-corrected chi connectivity index (χ3v) is 4.22. The third kappa shape index (κ3) is 1.68. The Kier molecular flexibility index (Phi) is 3.61. The zero-order valence-electron chi connectivity index (χ0n) is 7.73. The maximum atomic E-state index is 10.8. The lowest BCUT2D eigenvalue weighted by Gasteiger charge is -2.11. The van der Waals surface area contributed by atoms with E-state index in [-0.39, 0.29) is 0 Å². The smallest absolute Gasteiger partial charge is 0.151 e. The number of rotatable bonds is 2. The van der Waals surface area contributed by atoms with Crippen LogP contribution in [0.2, 0.25) is 0 Å². The van der Waals surface area contributed by atoms with Crippen LogP contribution in [0.1, 0.15) is 31.8 Å². The van der Waals surface area contributed by atoms with Crippen LogP contribution in [0.4, 0.5) is 0 Å². The zero-order chi connectivity index (χ0) is 10.9. The fourth-order valence-corrected chi connectivity index (χ4v) is 2.48. The average molecular weight is 320 g/mol. The average Bonchev–Trinajstić information content (AvgIpc) is 2.16. The van der Waals surface area contributed by atoms with Crippen LogP contribution >= 0.6 is 31.9 Å². The van der Waals surface area contributed by atoms with Gasteiger partial charge in [-0.25, -0.2) is 0 Å². The fourth-order valence-electron chi connectivity index (χ4n) is 1.27. The lowest BCUT2D eigenvalue weighted by molar-refractivity contribution is 0.112. The number of aldehydes is 2. The molecule has 4 heteroatoms. The van der Waals surface area contributed by atoms with Crippen molar-refractivity contribution in [2.45, 2.75) is 13.8 Å². The van der Waals surface area contributed by atoms with Crippen molar-refractivity contribution in [2.75, 3.05) is 0 Å². The first-order valence-electron chi connectivity index (χ1n) is 3.93. The van der Waals surface area contributed by atoms with E-state index >= 15 is 0 Å². The Balaban J connectivity index is 3.72. The molecule has 0 aliphatic rings. The second-order valence-electron chi connectivity index (χ2n) is 2.94. The van der Waals surface area contributed by atoms with Crippen LogP contribution in [0.5, 0.6) is 0 Å². The zero-order valence-corrected chi connectivity index (χ0v) is 10.9. The molecular formula is C10H8Br2O2. The minimum atomic E-state index is 0.518. The van der Waals surface area contributed by atoms with Crippen molar-refractivity contribution in [1.29, 1.82) is 0 Å². The molecule has 74 valence electrons. The van der Waals surface area contributed by atoms with Gasteiger partial charge in [0.25, 0.3) is 0 Å². The van der Waals surface area contributed by atoms with Crippen molar-refractivity contribution in [2.24, 2.45) is 0 Å². The van der Waals surface area contributed by atoms with Crippen molar-refractivity contribution in [3.8, 4) is 0 Å². The standard InChI is InChI=1S/C10H8Br2O2/c1-5-7(3-13)10(12)8(4-14)6(2)9(5)11/h3-4H,1-2H3. The topological polar surface area (TPSA) is 34.1 Å². The summed E-state index contributed by atoms with van der Waals surface area (Å²) in [6.45, 7) is 3.67. The summed E-state index contributed by atoms with van der Waals surface area (Å²) < 4.78 is 1.38. The molecule has 0 aromatic heterocycles. The van der Waals surface area contributed by atoms with E-state index in [2.05, 4.69) is 31.9 Å². The highest BCUT2D eigenvalue weighted by Crippen LogP contribution is 2.32. The first kappa shape index (κ1) is 11.6. The Morgan fingerprint density at radius 2 is 1.21 bits per heavy atom. The minimum absolute atomic E-state index is 0.518. The molecule has 1 aromatic carbocycles. The summed E-state index contributed by atoms with van der Waals surface area (Å²) in [5.41, 5.74) is 2.72. The summed E-state index contributed by atoms with van der Waals surface area (Å²) in [5.74, 6) is 0. The molecule has 0 spiro atoms. The van der Waals surface area contributed by atoms with Gasteiger partial charge < -0.3 is 0 Å². The van der Waals surface area contributed by atoms with Crippen molar-refractivity contribution >= 4 is 44.4 Å². The normalized spacial score (nSPS) is 10.0. The van der Waals surface area contributed by atoms with Crippen LogP contribution < -0.4 is 0 Å². The van der Waals surface area contributed by atoms with E-state index in [1.165, 1.54) is 0 Å². The van der Waals surface area contributed by atoms with E-state index in [9.17, 15) is 9.59 Å². The Hall–Kier alpha value is -0.480. The van der Waals surface area contributed by atoms with Crippen molar-refractivity contribution < 1.29 is 9.59 Å². The summed E-state index contributed by atoms with van der Waals surface area (Å²) >= 11 is 6.61. The van der Waals surface area contributed by atoms with Crippen LogP contribution in [-0.2, 0) is 0 Å². The van der Waals surface area contributed by atoms with Crippen LogP contribution in [0, 0.1) is 13.8 Å². The molecule has 1 rings (SSSR count). The molecule has 14 heavy (non-hydrogen) atoms. The Bertz CT molecular complexity index is 376. The number of carbonyl (C=O) groups excluding carboxylic acids is 2. The van der Waals surface area contributed by atoms with Crippen LogP contribution in [-0.4, -0.2) is 12.6 Å².